The van der Waals surface area contributed by atoms with Gasteiger partial charge in [0, 0.05) is 12.8 Å². The first-order valence-corrected chi connectivity index (χ1v) is 5.44. The van der Waals surface area contributed by atoms with Crippen molar-refractivity contribution in [2.24, 2.45) is 0 Å². The molecule has 0 spiro atoms. The first kappa shape index (κ1) is 12.6. The van der Waals surface area contributed by atoms with E-state index in [2.05, 4.69) is 6.92 Å². The average Bonchev–Trinajstić information content (AvgIpc) is 2.30. The smallest absolute Gasteiger partial charge is 0.302 e. The number of ether oxygens (including phenoxy) is 2. The summed E-state index contributed by atoms with van der Waals surface area (Å²) in [6.07, 6.45) is 0.944. The molecule has 0 aliphatic heterocycles. The number of rotatable bonds is 5. The Balaban J connectivity index is 2.66. The van der Waals surface area contributed by atoms with E-state index in [9.17, 15) is 4.79 Å². The quantitative estimate of drug-likeness (QED) is 0.719. The summed E-state index contributed by atoms with van der Waals surface area (Å²) >= 11 is 0. The molecule has 0 aliphatic carbocycles. The molecule has 0 heterocycles. The molecular formula is C13H18O3. The van der Waals surface area contributed by atoms with Crippen LogP contribution in [0.2, 0.25) is 0 Å². The van der Waals surface area contributed by atoms with Crippen LogP contribution in [0.5, 0.6) is 5.75 Å². The van der Waals surface area contributed by atoms with Crippen LogP contribution in [0.15, 0.2) is 24.3 Å². The molecule has 0 amide bonds. The fraction of sp³-hybridized carbons (Fsp3) is 0.462. The van der Waals surface area contributed by atoms with Gasteiger partial charge in [-0.2, -0.15) is 0 Å². The molecule has 1 atom stereocenters. The third kappa shape index (κ3) is 3.57. The molecule has 1 rings (SSSR count). The molecule has 1 aromatic carbocycles. The van der Waals surface area contributed by atoms with E-state index in [0.717, 1.165) is 12.2 Å². The van der Waals surface area contributed by atoms with Crippen LogP contribution in [0.3, 0.4) is 0 Å². The Morgan fingerprint density at radius 2 is 1.94 bits per heavy atom. The summed E-state index contributed by atoms with van der Waals surface area (Å²) < 4.78 is 10.1. The van der Waals surface area contributed by atoms with Gasteiger partial charge in [-0.1, -0.05) is 19.1 Å². The molecule has 0 fully saturated rings. The van der Waals surface area contributed by atoms with Gasteiger partial charge in [0.25, 0.3) is 0 Å². The Bertz CT molecular complexity index is 330. The molecule has 1 unspecified atom stereocenters. The molecule has 3 heteroatoms. The van der Waals surface area contributed by atoms with Gasteiger partial charge in [0.2, 0.25) is 0 Å². The molecule has 16 heavy (non-hydrogen) atoms. The van der Waals surface area contributed by atoms with Crippen LogP contribution in [-0.2, 0) is 9.53 Å². The summed E-state index contributed by atoms with van der Waals surface area (Å²) in [7, 11) is 1.64. The minimum atomic E-state index is -0.230. The lowest BCUT2D eigenvalue weighted by Gasteiger charge is -2.15. The molecule has 88 valence electrons. The Kier molecular flexibility index (Phi) is 4.83. The molecule has 0 saturated heterocycles. The van der Waals surface area contributed by atoms with Crippen molar-refractivity contribution >= 4 is 5.97 Å². The van der Waals surface area contributed by atoms with Gasteiger partial charge in [-0.05, 0) is 24.1 Å². The SMILES string of the molecule is CCC(COC(C)=O)c1ccc(OC)cc1. The van der Waals surface area contributed by atoms with Crippen molar-refractivity contribution in [1.82, 2.24) is 0 Å². The second-order valence-corrected chi connectivity index (χ2v) is 3.68. The third-order valence-electron chi connectivity index (χ3n) is 2.57. The Morgan fingerprint density at radius 3 is 2.38 bits per heavy atom. The van der Waals surface area contributed by atoms with Crippen LogP contribution in [0.4, 0.5) is 0 Å². The zero-order chi connectivity index (χ0) is 12.0. The molecule has 0 aromatic heterocycles. The van der Waals surface area contributed by atoms with Gasteiger partial charge < -0.3 is 9.47 Å². The number of methoxy groups -OCH3 is 1. The number of hydrogen-bond acceptors (Lipinski definition) is 3. The van der Waals surface area contributed by atoms with Crippen molar-refractivity contribution in [1.29, 1.82) is 0 Å². The molecule has 0 N–H and O–H groups in total. The van der Waals surface area contributed by atoms with Gasteiger partial charge in [-0.25, -0.2) is 0 Å². The third-order valence-corrected chi connectivity index (χ3v) is 2.57. The van der Waals surface area contributed by atoms with Crippen molar-refractivity contribution in [2.45, 2.75) is 26.2 Å². The Hall–Kier alpha value is -1.51. The monoisotopic (exact) mass is 222 g/mol. The molecule has 1 aromatic rings. The fourth-order valence-electron chi connectivity index (χ4n) is 1.54. The van der Waals surface area contributed by atoms with Gasteiger partial charge in [-0.15, -0.1) is 0 Å². The highest BCUT2D eigenvalue weighted by molar-refractivity contribution is 5.65. The predicted molar refractivity (Wildman–Crippen MR) is 62.7 cm³/mol. The van der Waals surface area contributed by atoms with Crippen molar-refractivity contribution in [2.75, 3.05) is 13.7 Å². The standard InChI is InChI=1S/C13H18O3/c1-4-11(9-16-10(2)14)12-5-7-13(15-3)8-6-12/h5-8,11H,4,9H2,1-3H3. The van der Waals surface area contributed by atoms with E-state index < -0.39 is 0 Å². The highest BCUT2D eigenvalue weighted by Crippen LogP contribution is 2.22. The van der Waals surface area contributed by atoms with E-state index in [0.29, 0.717) is 6.61 Å². The Labute approximate surface area is 96.4 Å². The fourth-order valence-corrected chi connectivity index (χ4v) is 1.54. The second kappa shape index (κ2) is 6.16. The molecule has 3 nitrogen and oxygen atoms in total. The normalized spacial score (nSPS) is 11.9. The number of carbonyl (C=O) groups is 1. The van der Waals surface area contributed by atoms with E-state index in [1.54, 1.807) is 7.11 Å². The number of benzene rings is 1. The molecule has 0 bridgehead atoms. The topological polar surface area (TPSA) is 35.5 Å². The largest absolute Gasteiger partial charge is 0.497 e. The maximum Gasteiger partial charge on any atom is 0.302 e. The lowest BCUT2D eigenvalue weighted by molar-refractivity contribution is -0.141. The van der Waals surface area contributed by atoms with Gasteiger partial charge in [0.15, 0.2) is 0 Å². The second-order valence-electron chi connectivity index (χ2n) is 3.68. The summed E-state index contributed by atoms with van der Waals surface area (Å²) in [5.74, 6) is 0.868. The lowest BCUT2D eigenvalue weighted by Crippen LogP contribution is -2.10. The van der Waals surface area contributed by atoms with E-state index >= 15 is 0 Å². The number of hydrogen-bond donors (Lipinski definition) is 0. The zero-order valence-corrected chi connectivity index (χ0v) is 10.0. The van der Waals surface area contributed by atoms with Crippen LogP contribution in [0, 0.1) is 0 Å². The van der Waals surface area contributed by atoms with Crippen LogP contribution in [0.1, 0.15) is 31.7 Å². The van der Waals surface area contributed by atoms with E-state index in [-0.39, 0.29) is 11.9 Å². The zero-order valence-electron chi connectivity index (χ0n) is 10.0. The van der Waals surface area contributed by atoms with Crippen molar-refractivity contribution in [3.8, 4) is 5.75 Å². The highest BCUT2D eigenvalue weighted by Gasteiger charge is 2.10. The predicted octanol–water partition coefficient (Wildman–Crippen LogP) is 2.75. The lowest BCUT2D eigenvalue weighted by atomic mass is 9.97. The molecule has 0 saturated carbocycles. The van der Waals surface area contributed by atoms with E-state index in [1.165, 1.54) is 12.5 Å². The average molecular weight is 222 g/mol. The summed E-state index contributed by atoms with van der Waals surface area (Å²) in [4.78, 5) is 10.8. The summed E-state index contributed by atoms with van der Waals surface area (Å²) in [5.41, 5.74) is 1.17. The summed E-state index contributed by atoms with van der Waals surface area (Å²) in [6, 6.07) is 7.87. The maximum atomic E-state index is 10.8. The van der Waals surface area contributed by atoms with Crippen molar-refractivity contribution < 1.29 is 14.3 Å². The first-order chi connectivity index (χ1) is 7.67. The van der Waals surface area contributed by atoms with Gasteiger partial charge in [-0.3, -0.25) is 4.79 Å². The minimum absolute atomic E-state index is 0.230. The van der Waals surface area contributed by atoms with E-state index in [1.807, 2.05) is 24.3 Å². The van der Waals surface area contributed by atoms with Crippen molar-refractivity contribution in [3.63, 3.8) is 0 Å². The summed E-state index contributed by atoms with van der Waals surface area (Å²) in [5, 5.41) is 0. The first-order valence-electron chi connectivity index (χ1n) is 5.44. The van der Waals surface area contributed by atoms with Crippen LogP contribution in [-0.4, -0.2) is 19.7 Å². The molecular weight excluding hydrogens is 204 g/mol. The molecule has 0 radical (unpaired) electrons. The Morgan fingerprint density at radius 1 is 1.31 bits per heavy atom. The van der Waals surface area contributed by atoms with Crippen molar-refractivity contribution in [3.05, 3.63) is 29.8 Å². The summed E-state index contributed by atoms with van der Waals surface area (Å²) in [6.45, 7) is 3.96. The minimum Gasteiger partial charge on any atom is -0.497 e. The van der Waals surface area contributed by atoms with Gasteiger partial charge in [0.05, 0.1) is 13.7 Å². The number of esters is 1. The van der Waals surface area contributed by atoms with E-state index in [4.69, 9.17) is 9.47 Å². The van der Waals surface area contributed by atoms with Gasteiger partial charge in [0.1, 0.15) is 5.75 Å². The van der Waals surface area contributed by atoms with Crippen LogP contribution < -0.4 is 4.74 Å². The number of carbonyl (C=O) groups excluding carboxylic acids is 1. The maximum absolute atomic E-state index is 10.8. The van der Waals surface area contributed by atoms with Crippen LogP contribution >= 0.6 is 0 Å². The molecule has 0 aliphatic rings. The van der Waals surface area contributed by atoms with Crippen LogP contribution in [0.25, 0.3) is 0 Å². The van der Waals surface area contributed by atoms with Gasteiger partial charge >= 0.3 is 5.97 Å². The highest BCUT2D eigenvalue weighted by atomic mass is 16.5.